The third-order valence-corrected chi connectivity index (χ3v) is 7.64. The summed E-state index contributed by atoms with van der Waals surface area (Å²) in [5.41, 5.74) is 1.33. The van der Waals surface area contributed by atoms with Crippen LogP contribution in [0.2, 0.25) is 0 Å². The molecule has 0 bridgehead atoms. The topological polar surface area (TPSA) is 34.1 Å². The molecule has 0 amide bonds. The van der Waals surface area contributed by atoms with Gasteiger partial charge in [-0.25, -0.2) is 0 Å². The van der Waals surface area contributed by atoms with Crippen LogP contribution in [-0.2, 0) is 9.59 Å². The van der Waals surface area contributed by atoms with Crippen molar-refractivity contribution >= 4 is 11.6 Å². The van der Waals surface area contributed by atoms with Gasteiger partial charge in [-0.05, 0) is 62.4 Å². The maximum absolute atomic E-state index is 12.4. The average molecular weight is 298 g/mol. The Morgan fingerprint density at radius 1 is 1.09 bits per heavy atom. The maximum atomic E-state index is 12.4. The van der Waals surface area contributed by atoms with Crippen LogP contribution >= 0.6 is 0 Å². The van der Waals surface area contributed by atoms with Crippen LogP contribution in [0.25, 0.3) is 0 Å². The van der Waals surface area contributed by atoms with Crippen molar-refractivity contribution in [3.8, 4) is 0 Å². The van der Waals surface area contributed by atoms with Crippen molar-refractivity contribution in [1.82, 2.24) is 0 Å². The minimum atomic E-state index is -0.0603. The lowest BCUT2D eigenvalue weighted by molar-refractivity contribution is -0.132. The zero-order valence-electron chi connectivity index (χ0n) is 13.6. The number of allylic oxidation sites excluding steroid dienone is 2. The molecular weight excluding hydrogens is 272 g/mol. The van der Waals surface area contributed by atoms with Crippen molar-refractivity contribution in [3.05, 3.63) is 24.3 Å². The zero-order chi connectivity index (χ0) is 15.5. The molecule has 0 N–H and O–H groups in total. The molecule has 0 heterocycles. The van der Waals surface area contributed by atoms with Crippen molar-refractivity contribution in [3.63, 3.8) is 0 Å². The van der Waals surface area contributed by atoms with Gasteiger partial charge >= 0.3 is 0 Å². The number of Topliss-reactive ketones (excluding diaryl/α,β-unsaturated/α-hetero) is 1. The highest BCUT2D eigenvalue weighted by Crippen LogP contribution is 2.64. The van der Waals surface area contributed by atoms with E-state index in [1.807, 2.05) is 6.08 Å². The molecular formula is C20H26O2. The molecule has 0 unspecified atom stereocenters. The Bertz CT molecular complexity index is 587. The second kappa shape index (κ2) is 4.66. The first kappa shape index (κ1) is 14.4. The highest BCUT2D eigenvalue weighted by Gasteiger charge is 2.59. The fraction of sp³-hybridized carbons (Fsp3) is 0.700. The summed E-state index contributed by atoms with van der Waals surface area (Å²) in [5.74, 6) is 2.61. The molecule has 0 radical (unpaired) electrons. The van der Waals surface area contributed by atoms with Crippen LogP contribution in [0.4, 0.5) is 0 Å². The molecule has 0 aromatic heterocycles. The molecule has 4 aliphatic rings. The van der Waals surface area contributed by atoms with E-state index < -0.39 is 0 Å². The third-order valence-electron chi connectivity index (χ3n) is 7.64. The predicted molar refractivity (Wildman–Crippen MR) is 86.2 cm³/mol. The van der Waals surface area contributed by atoms with Gasteiger partial charge in [0.05, 0.1) is 0 Å². The monoisotopic (exact) mass is 298 g/mol. The van der Waals surface area contributed by atoms with Gasteiger partial charge in [-0.2, -0.15) is 0 Å². The molecule has 22 heavy (non-hydrogen) atoms. The van der Waals surface area contributed by atoms with Gasteiger partial charge in [0.15, 0.2) is 5.78 Å². The van der Waals surface area contributed by atoms with Gasteiger partial charge in [0.1, 0.15) is 5.78 Å². The fourth-order valence-corrected chi connectivity index (χ4v) is 6.43. The van der Waals surface area contributed by atoms with E-state index in [1.165, 1.54) is 5.57 Å². The number of fused-ring (bicyclic) bond motifs is 5. The molecule has 118 valence electrons. The number of ketones is 2. The molecule has 2 nitrogen and oxygen atoms in total. The van der Waals surface area contributed by atoms with Crippen LogP contribution in [0.3, 0.4) is 0 Å². The van der Waals surface area contributed by atoms with E-state index in [2.05, 4.69) is 19.6 Å². The summed E-state index contributed by atoms with van der Waals surface area (Å²) in [6.45, 7) is 6.40. The lowest BCUT2D eigenvalue weighted by Gasteiger charge is -2.57. The summed E-state index contributed by atoms with van der Waals surface area (Å²) < 4.78 is 0. The molecule has 3 saturated carbocycles. The number of hydrogen-bond donors (Lipinski definition) is 0. The Balaban J connectivity index is 1.74. The molecule has 0 aromatic carbocycles. The van der Waals surface area contributed by atoms with Gasteiger partial charge in [-0.15, -0.1) is 6.58 Å². The predicted octanol–water partition coefficient (Wildman–Crippen LogP) is 4.25. The SMILES string of the molecule is C=C[C@@]12CCC(=O)C=C1CC[C@H]1[C@@H]3CCC(=O)[C@@]3(C)CC[C@@H]12. The lowest BCUT2D eigenvalue weighted by Crippen LogP contribution is -2.50. The second-order valence-corrected chi connectivity index (χ2v) is 8.21. The summed E-state index contributed by atoms with van der Waals surface area (Å²) in [7, 11) is 0. The van der Waals surface area contributed by atoms with Crippen LogP contribution in [0.15, 0.2) is 24.3 Å². The van der Waals surface area contributed by atoms with Gasteiger partial charge in [0.25, 0.3) is 0 Å². The second-order valence-electron chi connectivity index (χ2n) is 8.21. The minimum absolute atomic E-state index is 0.0454. The Morgan fingerprint density at radius 2 is 1.91 bits per heavy atom. The van der Waals surface area contributed by atoms with Crippen molar-refractivity contribution in [2.24, 2.45) is 28.6 Å². The number of carbonyl (C=O) groups excluding carboxylic acids is 2. The van der Waals surface area contributed by atoms with E-state index >= 15 is 0 Å². The first-order valence-electron chi connectivity index (χ1n) is 8.92. The molecule has 3 fully saturated rings. The number of rotatable bonds is 1. The summed E-state index contributed by atoms with van der Waals surface area (Å²) >= 11 is 0. The lowest BCUT2D eigenvalue weighted by atomic mass is 9.47. The number of hydrogen-bond acceptors (Lipinski definition) is 2. The molecule has 4 aliphatic carbocycles. The minimum Gasteiger partial charge on any atom is -0.299 e. The Kier molecular flexibility index (Phi) is 3.05. The normalized spacial score (nSPS) is 47.3. The van der Waals surface area contributed by atoms with E-state index in [-0.39, 0.29) is 10.8 Å². The van der Waals surface area contributed by atoms with Gasteiger partial charge in [0.2, 0.25) is 0 Å². The maximum Gasteiger partial charge on any atom is 0.155 e. The van der Waals surface area contributed by atoms with Gasteiger partial charge in [-0.1, -0.05) is 18.6 Å². The van der Waals surface area contributed by atoms with Crippen molar-refractivity contribution in [1.29, 1.82) is 0 Å². The summed E-state index contributed by atoms with van der Waals surface area (Å²) in [4.78, 5) is 24.3. The van der Waals surface area contributed by atoms with Crippen LogP contribution in [-0.4, -0.2) is 11.6 Å². The fourth-order valence-electron chi connectivity index (χ4n) is 6.43. The molecule has 0 spiro atoms. The van der Waals surface area contributed by atoms with Crippen LogP contribution in [0.5, 0.6) is 0 Å². The average Bonchev–Trinajstić information content (AvgIpc) is 2.82. The van der Waals surface area contributed by atoms with Crippen molar-refractivity contribution < 1.29 is 9.59 Å². The van der Waals surface area contributed by atoms with E-state index in [9.17, 15) is 9.59 Å². The first-order valence-corrected chi connectivity index (χ1v) is 8.92. The van der Waals surface area contributed by atoms with Gasteiger partial charge < -0.3 is 0 Å². The van der Waals surface area contributed by atoms with Gasteiger partial charge in [-0.3, -0.25) is 9.59 Å². The van der Waals surface area contributed by atoms with Crippen LogP contribution < -0.4 is 0 Å². The van der Waals surface area contributed by atoms with Crippen molar-refractivity contribution in [2.45, 2.75) is 58.3 Å². The largest absolute Gasteiger partial charge is 0.299 e. The third kappa shape index (κ3) is 1.67. The summed E-state index contributed by atoms with van der Waals surface area (Å²) in [6.07, 6.45) is 11.9. The quantitative estimate of drug-likeness (QED) is 0.678. The molecule has 2 heteroatoms. The molecule has 0 aromatic rings. The Morgan fingerprint density at radius 3 is 2.68 bits per heavy atom. The van der Waals surface area contributed by atoms with E-state index in [0.717, 1.165) is 44.9 Å². The molecule has 0 aliphatic heterocycles. The van der Waals surface area contributed by atoms with Crippen LogP contribution in [0, 0.1) is 28.6 Å². The van der Waals surface area contributed by atoms with Gasteiger partial charge in [0, 0.05) is 23.7 Å². The van der Waals surface area contributed by atoms with Crippen molar-refractivity contribution in [2.75, 3.05) is 0 Å². The smallest absolute Gasteiger partial charge is 0.155 e. The highest BCUT2D eigenvalue weighted by molar-refractivity contribution is 5.92. The highest BCUT2D eigenvalue weighted by atomic mass is 16.1. The summed E-state index contributed by atoms with van der Waals surface area (Å²) in [6, 6.07) is 0. The molecule has 4 rings (SSSR count). The van der Waals surface area contributed by atoms with E-state index in [0.29, 0.717) is 35.7 Å². The molecule has 5 atom stereocenters. The Labute approximate surface area is 133 Å². The summed E-state index contributed by atoms with van der Waals surface area (Å²) in [5, 5.41) is 0. The van der Waals surface area contributed by atoms with Crippen LogP contribution in [0.1, 0.15) is 58.3 Å². The standard InChI is InChI=1S/C20H26O2/c1-3-20-11-8-14(21)12-13(20)4-5-15-16-6-7-18(22)19(16,2)10-9-17(15)20/h3,12,15-17H,1,4-11H2,2H3/t15-,16-,17-,19-,20+/m0/s1. The first-order chi connectivity index (χ1) is 10.5. The zero-order valence-corrected chi connectivity index (χ0v) is 13.6. The van der Waals surface area contributed by atoms with E-state index in [1.54, 1.807) is 0 Å². The number of carbonyl (C=O) groups is 2. The molecule has 0 saturated heterocycles. The Hall–Kier alpha value is -1.18. The van der Waals surface area contributed by atoms with E-state index in [4.69, 9.17) is 0 Å².